The summed E-state index contributed by atoms with van der Waals surface area (Å²) in [5, 5.41) is 0. The largest absolute Gasteiger partial charge is 0.294 e. The van der Waals surface area contributed by atoms with E-state index in [0.717, 1.165) is 0 Å². The summed E-state index contributed by atoms with van der Waals surface area (Å²) in [6, 6.07) is 12.6. The van der Waals surface area contributed by atoms with Crippen molar-refractivity contribution in [3.63, 3.8) is 0 Å². The minimum absolute atomic E-state index is 0.0464. The van der Waals surface area contributed by atoms with Crippen LogP contribution in [-0.4, -0.2) is 25.9 Å². The summed E-state index contributed by atoms with van der Waals surface area (Å²) in [6.45, 7) is 7.01. The number of rotatable bonds is 6. The summed E-state index contributed by atoms with van der Waals surface area (Å²) in [7, 11) is -8.21. The lowest BCUT2D eigenvalue weighted by atomic mass is 10.1. The second kappa shape index (κ2) is 9.44. The van der Waals surface area contributed by atoms with Crippen molar-refractivity contribution >= 4 is 20.2 Å². The van der Waals surface area contributed by atoms with Gasteiger partial charge >= 0.3 is 0 Å². The van der Waals surface area contributed by atoms with Crippen molar-refractivity contribution in [2.75, 3.05) is 0 Å². The molecule has 2 aromatic rings. The van der Waals surface area contributed by atoms with E-state index in [-0.39, 0.29) is 9.79 Å². The normalized spacial score (nSPS) is 11.2. The molecule has 0 heterocycles. The van der Waals surface area contributed by atoms with Crippen molar-refractivity contribution in [1.82, 2.24) is 0 Å². The lowest BCUT2D eigenvalue weighted by Crippen LogP contribution is -2.02. The average molecular weight is 396 g/mol. The first-order chi connectivity index (χ1) is 12.1. The fraction of sp³-hybridized carbons (Fsp3) is 0.111. The van der Waals surface area contributed by atoms with Crippen molar-refractivity contribution < 1.29 is 25.9 Å². The Morgan fingerprint density at radius 2 is 1.00 bits per heavy atom. The molecule has 140 valence electrons. The molecule has 0 aliphatic rings. The Labute approximate surface area is 154 Å². The fourth-order valence-corrected chi connectivity index (χ4v) is 3.63. The molecule has 0 spiro atoms. The SMILES string of the molecule is C=CCc1ccccc1S(=O)(=O)O.C=CCc1ccccc1S(=O)(=O)O. The predicted octanol–water partition coefficient (Wildman–Crippen LogP) is 3.32. The third kappa shape index (κ3) is 6.57. The van der Waals surface area contributed by atoms with E-state index in [1.165, 1.54) is 12.1 Å². The number of benzene rings is 2. The summed E-state index contributed by atoms with van der Waals surface area (Å²) in [5.41, 5.74) is 1.11. The van der Waals surface area contributed by atoms with Crippen LogP contribution in [0.25, 0.3) is 0 Å². The molecule has 0 amide bonds. The van der Waals surface area contributed by atoms with Gasteiger partial charge < -0.3 is 0 Å². The summed E-state index contributed by atoms with van der Waals surface area (Å²) in [6.07, 6.45) is 4.03. The standard InChI is InChI=1S/2C9H10O3S/c2*1-2-5-8-6-3-4-7-9(8)13(10,11)12/h2*2-4,6-7H,1,5H2,(H,10,11,12). The van der Waals surface area contributed by atoms with Gasteiger partial charge in [-0.1, -0.05) is 48.6 Å². The van der Waals surface area contributed by atoms with Gasteiger partial charge in [0.05, 0.1) is 9.79 Å². The van der Waals surface area contributed by atoms with Gasteiger partial charge in [-0.15, -0.1) is 13.2 Å². The van der Waals surface area contributed by atoms with Crippen LogP contribution in [-0.2, 0) is 33.1 Å². The van der Waals surface area contributed by atoms with Crippen molar-refractivity contribution in [2.45, 2.75) is 22.6 Å². The Bertz CT molecular complexity index is 895. The average Bonchev–Trinajstić information content (AvgIpc) is 2.55. The Balaban J connectivity index is 0.000000260. The second-order valence-electron chi connectivity index (χ2n) is 5.15. The molecule has 0 atom stereocenters. The molecular weight excluding hydrogens is 376 g/mol. The van der Waals surface area contributed by atoms with Crippen LogP contribution < -0.4 is 0 Å². The zero-order valence-corrected chi connectivity index (χ0v) is 15.6. The smallest absolute Gasteiger partial charge is 0.282 e. The van der Waals surface area contributed by atoms with Crippen molar-refractivity contribution in [3.05, 3.63) is 85.0 Å². The molecular formula is C18H20O6S2. The topological polar surface area (TPSA) is 109 Å². The van der Waals surface area contributed by atoms with Gasteiger partial charge in [0.25, 0.3) is 20.2 Å². The molecule has 2 rings (SSSR count). The highest BCUT2D eigenvalue weighted by Gasteiger charge is 2.13. The highest BCUT2D eigenvalue weighted by atomic mass is 32.2. The van der Waals surface area contributed by atoms with Crippen LogP contribution in [0.4, 0.5) is 0 Å². The van der Waals surface area contributed by atoms with E-state index in [2.05, 4.69) is 13.2 Å². The van der Waals surface area contributed by atoms with E-state index in [1.54, 1.807) is 48.6 Å². The van der Waals surface area contributed by atoms with Gasteiger partial charge in [0.1, 0.15) is 0 Å². The Kier molecular flexibility index (Phi) is 7.91. The van der Waals surface area contributed by atoms with E-state index < -0.39 is 20.2 Å². The zero-order valence-electron chi connectivity index (χ0n) is 13.9. The molecule has 0 fully saturated rings. The quantitative estimate of drug-likeness (QED) is 0.573. The molecule has 26 heavy (non-hydrogen) atoms. The fourth-order valence-electron chi connectivity index (χ4n) is 2.16. The number of hydrogen-bond acceptors (Lipinski definition) is 4. The summed E-state index contributed by atoms with van der Waals surface area (Å²) < 4.78 is 61.1. The minimum Gasteiger partial charge on any atom is -0.282 e. The van der Waals surface area contributed by atoms with Crippen LogP contribution in [0.15, 0.2) is 83.6 Å². The lowest BCUT2D eigenvalue weighted by molar-refractivity contribution is 0.480. The molecule has 0 aromatic heterocycles. The molecule has 0 bridgehead atoms. The molecule has 0 radical (unpaired) electrons. The van der Waals surface area contributed by atoms with Crippen molar-refractivity contribution in [1.29, 1.82) is 0 Å². The van der Waals surface area contributed by atoms with Gasteiger partial charge in [-0.05, 0) is 36.1 Å². The van der Waals surface area contributed by atoms with Gasteiger partial charge in [-0.3, -0.25) is 9.11 Å². The van der Waals surface area contributed by atoms with E-state index in [4.69, 9.17) is 9.11 Å². The Morgan fingerprint density at radius 1 is 0.692 bits per heavy atom. The zero-order chi connectivity index (χ0) is 19.8. The van der Waals surface area contributed by atoms with Crippen LogP contribution in [0.1, 0.15) is 11.1 Å². The molecule has 0 aliphatic carbocycles. The third-order valence-corrected chi connectivity index (χ3v) is 5.14. The van der Waals surface area contributed by atoms with Crippen LogP contribution >= 0.6 is 0 Å². The number of hydrogen-bond donors (Lipinski definition) is 2. The molecule has 0 saturated carbocycles. The maximum Gasteiger partial charge on any atom is 0.294 e. The molecule has 0 aliphatic heterocycles. The minimum atomic E-state index is -4.10. The molecule has 0 saturated heterocycles. The van der Waals surface area contributed by atoms with E-state index in [0.29, 0.717) is 24.0 Å². The molecule has 2 N–H and O–H groups in total. The Morgan fingerprint density at radius 3 is 1.27 bits per heavy atom. The van der Waals surface area contributed by atoms with Crippen molar-refractivity contribution in [3.8, 4) is 0 Å². The van der Waals surface area contributed by atoms with Gasteiger partial charge in [-0.25, -0.2) is 0 Å². The van der Waals surface area contributed by atoms with Gasteiger partial charge in [0, 0.05) is 0 Å². The van der Waals surface area contributed by atoms with Crippen LogP contribution in [0.2, 0.25) is 0 Å². The van der Waals surface area contributed by atoms with Crippen LogP contribution in [0.3, 0.4) is 0 Å². The first-order valence-corrected chi connectivity index (χ1v) is 10.3. The monoisotopic (exact) mass is 396 g/mol. The van der Waals surface area contributed by atoms with E-state index in [1.807, 2.05) is 0 Å². The molecule has 2 aromatic carbocycles. The van der Waals surface area contributed by atoms with Crippen molar-refractivity contribution in [2.24, 2.45) is 0 Å². The molecule has 6 nitrogen and oxygen atoms in total. The number of allylic oxidation sites excluding steroid dienone is 2. The summed E-state index contributed by atoms with van der Waals surface area (Å²) in [4.78, 5) is -0.0928. The van der Waals surface area contributed by atoms with Crippen LogP contribution in [0, 0.1) is 0 Å². The second-order valence-corrected chi connectivity index (χ2v) is 7.93. The summed E-state index contributed by atoms with van der Waals surface area (Å²) in [5.74, 6) is 0. The third-order valence-electron chi connectivity index (χ3n) is 3.23. The first kappa shape index (κ1) is 21.8. The van der Waals surface area contributed by atoms with Crippen LogP contribution in [0.5, 0.6) is 0 Å². The molecule has 8 heteroatoms. The maximum absolute atomic E-state index is 10.8. The maximum atomic E-state index is 10.8. The predicted molar refractivity (Wildman–Crippen MR) is 100 cm³/mol. The molecule has 0 unspecified atom stereocenters. The first-order valence-electron chi connectivity index (χ1n) is 7.43. The van der Waals surface area contributed by atoms with Gasteiger partial charge in [0.15, 0.2) is 0 Å². The van der Waals surface area contributed by atoms with Gasteiger partial charge in [-0.2, -0.15) is 16.8 Å². The van der Waals surface area contributed by atoms with E-state index >= 15 is 0 Å². The van der Waals surface area contributed by atoms with Gasteiger partial charge in [0.2, 0.25) is 0 Å². The Hall–Kier alpha value is -2.26. The van der Waals surface area contributed by atoms with E-state index in [9.17, 15) is 16.8 Å². The highest BCUT2D eigenvalue weighted by Crippen LogP contribution is 2.16. The lowest BCUT2D eigenvalue weighted by Gasteiger charge is -2.02. The summed E-state index contributed by atoms with van der Waals surface area (Å²) >= 11 is 0. The highest BCUT2D eigenvalue weighted by molar-refractivity contribution is 7.86.